The molecule has 0 radical (unpaired) electrons. The standard InChI is InChI=1S/C22H26N2O3S/c1-23(14-17-8-4-2-5-9-17)20(25)12-13-21(26)24-16-28-15-19(24)22(27)18-10-6-3-7-11-18/h2-11,19,22,27H,12-16H2,1H3/t19-,22?/m0/s1. The average molecular weight is 399 g/mol. The molecule has 2 atom stereocenters. The van der Waals surface area contributed by atoms with Crippen LogP contribution >= 0.6 is 11.8 Å². The van der Waals surface area contributed by atoms with Gasteiger partial charge in [-0.15, -0.1) is 11.8 Å². The second-order valence-electron chi connectivity index (χ2n) is 7.02. The highest BCUT2D eigenvalue weighted by Crippen LogP contribution is 2.31. The van der Waals surface area contributed by atoms with Crippen molar-refractivity contribution < 1.29 is 14.7 Å². The fourth-order valence-electron chi connectivity index (χ4n) is 3.34. The van der Waals surface area contributed by atoms with E-state index in [1.54, 1.807) is 28.6 Å². The van der Waals surface area contributed by atoms with Crippen molar-refractivity contribution in [2.45, 2.75) is 31.5 Å². The number of carbonyl (C=O) groups is 2. The van der Waals surface area contributed by atoms with Crippen molar-refractivity contribution in [3.8, 4) is 0 Å². The SMILES string of the molecule is CN(Cc1ccccc1)C(=O)CCC(=O)N1CSC[C@H]1C(O)c1ccccc1. The first-order valence-electron chi connectivity index (χ1n) is 9.44. The van der Waals surface area contributed by atoms with E-state index < -0.39 is 6.10 Å². The Morgan fingerprint density at radius 2 is 1.75 bits per heavy atom. The molecule has 0 saturated carbocycles. The molecule has 1 N–H and O–H groups in total. The number of benzene rings is 2. The Morgan fingerprint density at radius 1 is 1.11 bits per heavy atom. The largest absolute Gasteiger partial charge is 0.386 e. The Bertz CT molecular complexity index is 785. The molecule has 2 aromatic carbocycles. The molecule has 0 aliphatic carbocycles. The van der Waals surface area contributed by atoms with Crippen LogP contribution in [-0.4, -0.2) is 51.4 Å². The summed E-state index contributed by atoms with van der Waals surface area (Å²) < 4.78 is 0. The summed E-state index contributed by atoms with van der Waals surface area (Å²) in [4.78, 5) is 28.5. The second-order valence-corrected chi connectivity index (χ2v) is 8.02. The van der Waals surface area contributed by atoms with Crippen LogP contribution in [0.15, 0.2) is 60.7 Å². The van der Waals surface area contributed by atoms with E-state index in [0.717, 1.165) is 11.1 Å². The van der Waals surface area contributed by atoms with E-state index in [1.165, 1.54) is 0 Å². The maximum Gasteiger partial charge on any atom is 0.224 e. The zero-order valence-electron chi connectivity index (χ0n) is 16.0. The van der Waals surface area contributed by atoms with Gasteiger partial charge in [-0.25, -0.2) is 0 Å². The summed E-state index contributed by atoms with van der Waals surface area (Å²) in [5.41, 5.74) is 1.87. The highest BCUT2D eigenvalue weighted by molar-refractivity contribution is 7.99. The molecule has 1 fully saturated rings. The minimum Gasteiger partial charge on any atom is -0.386 e. The van der Waals surface area contributed by atoms with Crippen molar-refractivity contribution in [3.63, 3.8) is 0 Å². The van der Waals surface area contributed by atoms with Crippen molar-refractivity contribution in [1.82, 2.24) is 9.80 Å². The molecule has 1 saturated heterocycles. The number of nitrogens with zero attached hydrogens (tertiary/aromatic N) is 2. The monoisotopic (exact) mass is 398 g/mol. The van der Waals surface area contributed by atoms with Crippen LogP contribution in [0.3, 0.4) is 0 Å². The van der Waals surface area contributed by atoms with Crippen molar-refractivity contribution >= 4 is 23.6 Å². The molecule has 0 spiro atoms. The molecular formula is C22H26N2O3S. The lowest BCUT2D eigenvalue weighted by atomic mass is 10.0. The van der Waals surface area contributed by atoms with E-state index in [-0.39, 0.29) is 30.7 Å². The lowest BCUT2D eigenvalue weighted by molar-refractivity contribution is -0.138. The Hall–Kier alpha value is -2.31. The van der Waals surface area contributed by atoms with Gasteiger partial charge in [0.1, 0.15) is 6.10 Å². The molecular weight excluding hydrogens is 372 g/mol. The third-order valence-corrected chi connectivity index (χ3v) is 6.02. The Morgan fingerprint density at radius 3 is 2.43 bits per heavy atom. The van der Waals surface area contributed by atoms with Crippen LogP contribution in [0.4, 0.5) is 0 Å². The first-order valence-corrected chi connectivity index (χ1v) is 10.6. The van der Waals surface area contributed by atoms with Gasteiger partial charge in [0.2, 0.25) is 11.8 Å². The van der Waals surface area contributed by atoms with Gasteiger partial charge in [-0.3, -0.25) is 9.59 Å². The Labute approximate surface area is 170 Å². The van der Waals surface area contributed by atoms with Gasteiger partial charge in [0.25, 0.3) is 0 Å². The first-order chi connectivity index (χ1) is 13.6. The topological polar surface area (TPSA) is 60.9 Å². The molecule has 148 valence electrons. The number of carbonyl (C=O) groups excluding carboxylic acids is 2. The fourth-order valence-corrected chi connectivity index (χ4v) is 4.58. The van der Waals surface area contributed by atoms with Gasteiger partial charge in [-0.05, 0) is 11.1 Å². The Kier molecular flexibility index (Phi) is 7.12. The number of hydrogen-bond donors (Lipinski definition) is 1. The van der Waals surface area contributed by atoms with Crippen LogP contribution in [-0.2, 0) is 16.1 Å². The lowest BCUT2D eigenvalue weighted by Crippen LogP contribution is -2.41. The number of thioether (sulfide) groups is 1. The quantitative estimate of drug-likeness (QED) is 0.779. The summed E-state index contributed by atoms with van der Waals surface area (Å²) >= 11 is 1.63. The van der Waals surface area contributed by atoms with E-state index in [2.05, 4.69) is 0 Å². The molecule has 2 aromatic rings. The number of amides is 2. The van der Waals surface area contributed by atoms with Crippen LogP contribution < -0.4 is 0 Å². The van der Waals surface area contributed by atoms with Gasteiger partial charge >= 0.3 is 0 Å². The third kappa shape index (κ3) is 5.14. The average Bonchev–Trinajstić information content (AvgIpc) is 3.22. The predicted molar refractivity (Wildman–Crippen MR) is 112 cm³/mol. The molecule has 0 bridgehead atoms. The zero-order chi connectivity index (χ0) is 19.9. The molecule has 1 heterocycles. The van der Waals surface area contributed by atoms with Crippen molar-refractivity contribution in [1.29, 1.82) is 0 Å². The second kappa shape index (κ2) is 9.75. The molecule has 1 aliphatic heterocycles. The molecule has 1 aliphatic rings. The van der Waals surface area contributed by atoms with Crippen LogP contribution in [0.2, 0.25) is 0 Å². The summed E-state index contributed by atoms with van der Waals surface area (Å²) in [6.07, 6.45) is -0.370. The first kappa shape index (κ1) is 20.4. The van der Waals surface area contributed by atoms with E-state index in [1.807, 2.05) is 60.7 Å². The summed E-state index contributed by atoms with van der Waals surface area (Å²) in [7, 11) is 1.76. The molecule has 0 aromatic heterocycles. The molecule has 2 amide bonds. The fraction of sp³-hybridized carbons (Fsp3) is 0.364. The lowest BCUT2D eigenvalue weighted by Gasteiger charge is -2.28. The maximum atomic E-state index is 12.7. The van der Waals surface area contributed by atoms with Gasteiger partial charge in [0.05, 0.1) is 11.9 Å². The van der Waals surface area contributed by atoms with E-state index in [4.69, 9.17) is 0 Å². The van der Waals surface area contributed by atoms with Gasteiger partial charge in [0.15, 0.2) is 0 Å². The van der Waals surface area contributed by atoms with Gasteiger partial charge in [-0.2, -0.15) is 0 Å². The summed E-state index contributed by atoms with van der Waals surface area (Å²) in [6.45, 7) is 0.531. The number of aliphatic hydroxyl groups excluding tert-OH is 1. The van der Waals surface area contributed by atoms with E-state index in [0.29, 0.717) is 18.2 Å². The van der Waals surface area contributed by atoms with Crippen LogP contribution in [0, 0.1) is 0 Å². The number of rotatable bonds is 7. The minimum absolute atomic E-state index is 0.0517. The van der Waals surface area contributed by atoms with Crippen LogP contribution in [0.25, 0.3) is 0 Å². The predicted octanol–water partition coefficient (Wildman–Crippen LogP) is 3.06. The molecule has 1 unspecified atom stereocenters. The summed E-state index contributed by atoms with van der Waals surface area (Å²) in [5.74, 6) is 1.13. The van der Waals surface area contributed by atoms with Crippen LogP contribution in [0.1, 0.15) is 30.1 Å². The van der Waals surface area contributed by atoms with Gasteiger partial charge < -0.3 is 14.9 Å². The summed E-state index contributed by atoms with van der Waals surface area (Å²) in [5, 5.41) is 10.7. The summed E-state index contributed by atoms with van der Waals surface area (Å²) in [6, 6.07) is 19.0. The Balaban J connectivity index is 1.52. The van der Waals surface area contributed by atoms with E-state index >= 15 is 0 Å². The van der Waals surface area contributed by atoms with Crippen molar-refractivity contribution in [3.05, 3.63) is 71.8 Å². The van der Waals surface area contributed by atoms with Crippen LogP contribution in [0.5, 0.6) is 0 Å². The smallest absolute Gasteiger partial charge is 0.224 e. The highest BCUT2D eigenvalue weighted by atomic mass is 32.2. The minimum atomic E-state index is -0.711. The zero-order valence-corrected chi connectivity index (χ0v) is 16.8. The molecule has 3 rings (SSSR count). The van der Waals surface area contributed by atoms with Crippen molar-refractivity contribution in [2.75, 3.05) is 18.7 Å². The number of aliphatic hydroxyl groups is 1. The van der Waals surface area contributed by atoms with Gasteiger partial charge in [0, 0.05) is 32.2 Å². The molecule has 5 nitrogen and oxygen atoms in total. The normalized spacial score (nSPS) is 17.4. The third-order valence-electron chi connectivity index (χ3n) is 4.99. The van der Waals surface area contributed by atoms with Crippen molar-refractivity contribution in [2.24, 2.45) is 0 Å². The van der Waals surface area contributed by atoms with Gasteiger partial charge in [-0.1, -0.05) is 60.7 Å². The highest BCUT2D eigenvalue weighted by Gasteiger charge is 2.35. The molecule has 28 heavy (non-hydrogen) atoms. The maximum absolute atomic E-state index is 12.7. The number of hydrogen-bond acceptors (Lipinski definition) is 4. The molecule has 6 heteroatoms. The van der Waals surface area contributed by atoms with E-state index in [9.17, 15) is 14.7 Å².